The fourth-order valence-corrected chi connectivity index (χ4v) is 7.12. The summed E-state index contributed by atoms with van der Waals surface area (Å²) in [6, 6.07) is 17.9. The molecule has 22 heteroatoms. The highest BCUT2D eigenvalue weighted by molar-refractivity contribution is 7.99. The van der Waals surface area contributed by atoms with Gasteiger partial charge in [0, 0.05) is 41.8 Å². The van der Waals surface area contributed by atoms with Gasteiger partial charge in [0.05, 0.1) is 66.9 Å². The number of nitrogens with two attached hydrogens (primary N) is 2. The molecule has 318 valence electrons. The largest absolute Gasteiger partial charge is 0.416 e. The third-order valence-corrected chi connectivity index (χ3v) is 10.5. The number of hydrogen-bond donors (Lipinski definition) is 6. The van der Waals surface area contributed by atoms with Crippen molar-refractivity contribution in [1.82, 2.24) is 9.97 Å². The Balaban J connectivity index is 1.49. The number of aromatic nitrogens is 2. The summed E-state index contributed by atoms with van der Waals surface area (Å²) in [5.74, 6) is -3.83. The van der Waals surface area contributed by atoms with Crippen molar-refractivity contribution < 1.29 is 45.5 Å². The van der Waals surface area contributed by atoms with Crippen LogP contribution in [0.3, 0.4) is 0 Å². The van der Waals surface area contributed by atoms with Crippen molar-refractivity contribution in [3.05, 3.63) is 130 Å². The molecule has 0 saturated carbocycles. The summed E-state index contributed by atoms with van der Waals surface area (Å²) in [4.78, 5) is 61.2. The molecule has 5 aromatic rings. The van der Waals surface area contributed by atoms with E-state index in [4.69, 9.17) is 11.5 Å². The molecule has 0 fully saturated rings. The van der Waals surface area contributed by atoms with Crippen LogP contribution in [0.25, 0.3) is 0 Å². The number of carbonyl (C=O) groups is 4. The fourth-order valence-electron chi connectivity index (χ4n) is 5.42. The van der Waals surface area contributed by atoms with E-state index in [1.165, 1.54) is 48.5 Å². The number of benzene rings is 4. The Kier molecular flexibility index (Phi) is 14.9. The van der Waals surface area contributed by atoms with Crippen LogP contribution in [0, 0.1) is 22.7 Å². The molecule has 0 aliphatic carbocycles. The van der Waals surface area contributed by atoms with Crippen LogP contribution in [0.1, 0.15) is 63.9 Å². The molecule has 62 heavy (non-hydrogen) atoms. The molecule has 0 unspecified atom stereocenters. The minimum atomic E-state index is -4.98. The first-order valence-electron chi connectivity index (χ1n) is 17.7. The van der Waals surface area contributed by atoms with Crippen LogP contribution in [-0.4, -0.2) is 58.2 Å². The lowest BCUT2D eigenvalue weighted by molar-refractivity contribution is -0.138. The number of nitriles is 2. The highest BCUT2D eigenvalue weighted by Gasteiger charge is 2.35. The van der Waals surface area contributed by atoms with Crippen LogP contribution in [-0.2, 0) is 12.4 Å². The quantitative estimate of drug-likeness (QED) is 0.0473. The van der Waals surface area contributed by atoms with Crippen LogP contribution < -0.4 is 32.7 Å². The summed E-state index contributed by atoms with van der Waals surface area (Å²) in [5, 5.41) is 27.9. The summed E-state index contributed by atoms with van der Waals surface area (Å²) in [7, 11) is 0. The van der Waals surface area contributed by atoms with Gasteiger partial charge in [-0.05, 0) is 60.7 Å². The molecule has 14 nitrogen and oxygen atoms in total. The average Bonchev–Trinajstić information content (AvgIpc) is 3.24. The maximum Gasteiger partial charge on any atom is 0.416 e. The first kappa shape index (κ1) is 46.1. The minimum absolute atomic E-state index is 0.0312. The van der Waals surface area contributed by atoms with Gasteiger partial charge in [0.15, 0.2) is 0 Å². The highest BCUT2D eigenvalue weighted by atomic mass is 32.2. The smallest absolute Gasteiger partial charge is 0.330 e. The Morgan fingerprint density at radius 1 is 0.565 bits per heavy atom. The molecule has 0 bridgehead atoms. The molecule has 0 aliphatic rings. The summed E-state index contributed by atoms with van der Waals surface area (Å²) < 4.78 is 85.2. The lowest BCUT2D eigenvalue weighted by Gasteiger charge is -2.19. The first-order valence-corrected chi connectivity index (χ1v) is 19.7. The van der Waals surface area contributed by atoms with Gasteiger partial charge in [-0.1, -0.05) is 12.1 Å². The van der Waals surface area contributed by atoms with Crippen molar-refractivity contribution in [3.8, 4) is 12.1 Å². The molecular weight excluding hydrogens is 863 g/mol. The molecule has 1 aromatic heterocycles. The van der Waals surface area contributed by atoms with E-state index < -0.39 is 69.9 Å². The number of amides is 4. The second kappa shape index (κ2) is 20.1. The Bertz CT molecular complexity index is 2460. The van der Waals surface area contributed by atoms with E-state index in [0.717, 1.165) is 35.9 Å². The third-order valence-electron chi connectivity index (χ3n) is 8.19. The molecule has 0 atom stereocenters. The van der Waals surface area contributed by atoms with Crippen molar-refractivity contribution in [2.75, 3.05) is 45.9 Å². The monoisotopic (exact) mass is 892 g/mol. The average molecular weight is 893 g/mol. The number of halogens is 6. The van der Waals surface area contributed by atoms with Crippen LogP contribution >= 0.6 is 23.5 Å². The highest BCUT2D eigenvalue weighted by Crippen LogP contribution is 2.43. The summed E-state index contributed by atoms with van der Waals surface area (Å²) >= 11 is 1.80. The van der Waals surface area contributed by atoms with E-state index >= 15 is 0 Å². The molecule has 4 aromatic carbocycles. The predicted octanol–water partition coefficient (Wildman–Crippen LogP) is 7.37. The number of rotatable bonds is 14. The summed E-state index contributed by atoms with van der Waals surface area (Å²) in [6.45, 7) is 0.0624. The number of nitrogens with zero attached hydrogens (tertiary/aromatic N) is 4. The lowest BCUT2D eigenvalue weighted by atomic mass is 10.1. The summed E-state index contributed by atoms with van der Waals surface area (Å²) in [6.07, 6.45) is -9.20. The van der Waals surface area contributed by atoms with E-state index in [-0.39, 0.29) is 68.0 Å². The van der Waals surface area contributed by atoms with Gasteiger partial charge in [0.1, 0.15) is 17.7 Å². The lowest BCUT2D eigenvalue weighted by Crippen LogP contribution is -2.21. The number of hydrogen-bond acceptors (Lipinski definition) is 12. The predicted molar refractivity (Wildman–Crippen MR) is 219 cm³/mol. The van der Waals surface area contributed by atoms with Crippen LogP contribution in [0.15, 0.2) is 95.0 Å². The normalized spacial score (nSPS) is 11.2. The SMILES string of the molecule is N#Cc1cccc(C(=O)Nc2cc(C(F)(F)F)cc(NC(=O)c3cc(C(=O)Nc4cc(C(F)(F)F)cc(NC(=O)c5cccc(C#N)c5)c4SCCN)ncn3)c2SCCN)c1. The standard InChI is InChI=1S/C40H30F6N10O4S2/c41-39(42,43)25-13-27(53-35(57)23-5-1-3-21(11-23)18-49)33(61-9-7-47)29(15-25)55-37(59)31-17-32(52-20-51-31)38(60)56-30-16-26(40(44,45)46)14-28(34(30)62-10-8-48)54-36(58)24-6-2-4-22(12-24)19-50/h1-6,11-17,20H,7-10,47-48H2,(H,53,57)(H,54,58)(H,55,59)(H,56,60). The molecular formula is C40H30F6N10O4S2. The van der Waals surface area contributed by atoms with Gasteiger partial charge in [-0.15, -0.1) is 23.5 Å². The zero-order valence-corrected chi connectivity index (χ0v) is 33.2. The Morgan fingerprint density at radius 3 is 1.24 bits per heavy atom. The molecule has 1 heterocycles. The zero-order valence-electron chi connectivity index (χ0n) is 31.6. The van der Waals surface area contributed by atoms with E-state index in [9.17, 15) is 56.0 Å². The molecule has 0 radical (unpaired) electrons. The number of alkyl halides is 6. The van der Waals surface area contributed by atoms with Crippen molar-refractivity contribution in [2.24, 2.45) is 11.5 Å². The maximum absolute atomic E-state index is 14.2. The minimum Gasteiger partial charge on any atom is -0.330 e. The number of nitrogens with one attached hydrogen (secondary N) is 4. The molecule has 4 amide bonds. The topological polar surface area (TPSA) is 242 Å². The Morgan fingerprint density at radius 2 is 0.919 bits per heavy atom. The van der Waals surface area contributed by atoms with E-state index in [1.807, 2.05) is 12.1 Å². The van der Waals surface area contributed by atoms with E-state index in [1.54, 1.807) is 0 Å². The third kappa shape index (κ3) is 11.6. The Labute approximate surface area is 356 Å². The van der Waals surface area contributed by atoms with Gasteiger partial charge in [-0.2, -0.15) is 36.9 Å². The van der Waals surface area contributed by atoms with Gasteiger partial charge < -0.3 is 32.7 Å². The van der Waals surface area contributed by atoms with Crippen molar-refractivity contribution in [1.29, 1.82) is 10.5 Å². The zero-order chi connectivity index (χ0) is 45.2. The van der Waals surface area contributed by atoms with Crippen LogP contribution in [0.2, 0.25) is 0 Å². The van der Waals surface area contributed by atoms with E-state index in [0.29, 0.717) is 24.3 Å². The van der Waals surface area contributed by atoms with Crippen LogP contribution in [0.5, 0.6) is 0 Å². The van der Waals surface area contributed by atoms with Gasteiger partial charge >= 0.3 is 12.4 Å². The number of carbonyl (C=O) groups excluding carboxylic acids is 4. The first-order chi connectivity index (χ1) is 29.4. The maximum atomic E-state index is 14.2. The molecule has 0 spiro atoms. The number of thioether (sulfide) groups is 2. The second-order valence-corrected chi connectivity index (χ2v) is 14.8. The molecule has 0 saturated heterocycles. The molecule has 5 rings (SSSR count). The van der Waals surface area contributed by atoms with Crippen molar-refractivity contribution in [2.45, 2.75) is 22.1 Å². The van der Waals surface area contributed by atoms with Crippen molar-refractivity contribution in [3.63, 3.8) is 0 Å². The molecule has 0 aliphatic heterocycles. The molecule has 8 N–H and O–H groups in total. The fraction of sp³-hybridized carbons (Fsp3) is 0.150. The van der Waals surface area contributed by atoms with Gasteiger partial charge in [-0.3, -0.25) is 19.2 Å². The van der Waals surface area contributed by atoms with Crippen LogP contribution in [0.4, 0.5) is 49.1 Å². The number of anilines is 4. The van der Waals surface area contributed by atoms with Crippen molar-refractivity contribution >= 4 is 69.9 Å². The van der Waals surface area contributed by atoms with Gasteiger partial charge in [0.2, 0.25) is 0 Å². The second-order valence-electron chi connectivity index (χ2n) is 12.6. The van der Waals surface area contributed by atoms with Gasteiger partial charge in [0.25, 0.3) is 23.6 Å². The summed E-state index contributed by atoms with van der Waals surface area (Å²) in [5.41, 5.74) is 6.18. The Hall–Kier alpha value is -6.98. The van der Waals surface area contributed by atoms with E-state index in [2.05, 4.69) is 31.2 Å². The van der Waals surface area contributed by atoms with Gasteiger partial charge in [-0.25, -0.2) is 9.97 Å².